The first-order valence-corrected chi connectivity index (χ1v) is 19.1. The smallest absolute Gasteiger partial charge is 0.336 e. The number of benzene rings is 6. The molecule has 0 saturated carbocycles. The first-order chi connectivity index (χ1) is 27.5. The van der Waals surface area contributed by atoms with Crippen molar-refractivity contribution in [3.05, 3.63) is 197 Å². The van der Waals surface area contributed by atoms with Crippen LogP contribution in [0.25, 0.3) is 44.0 Å². The Labute approximate surface area is 333 Å². The first kappa shape index (κ1) is 36.3. The molecule has 0 aliphatic heterocycles. The molecule has 6 aromatic carbocycles. The van der Waals surface area contributed by atoms with E-state index >= 15 is 0 Å². The van der Waals surface area contributed by atoms with Crippen LogP contribution in [0.1, 0.15) is 21.6 Å². The first-order valence-electron chi connectivity index (χ1n) is 17.9. The van der Waals surface area contributed by atoms with Crippen molar-refractivity contribution in [3.63, 3.8) is 0 Å². The summed E-state index contributed by atoms with van der Waals surface area (Å²) in [5, 5.41) is 11.6. The maximum Gasteiger partial charge on any atom is 0.336 e. The van der Waals surface area contributed by atoms with Crippen molar-refractivity contribution in [2.45, 2.75) is 13.2 Å². The second kappa shape index (κ2) is 16.8. The molecule has 0 spiro atoms. The summed E-state index contributed by atoms with van der Waals surface area (Å²) in [6, 6.07) is 51.3. The van der Waals surface area contributed by atoms with Gasteiger partial charge in [-0.2, -0.15) is 0 Å². The Morgan fingerprint density at radius 2 is 1.16 bits per heavy atom. The van der Waals surface area contributed by atoms with Gasteiger partial charge < -0.3 is 19.3 Å². The van der Waals surface area contributed by atoms with Crippen LogP contribution in [0.3, 0.4) is 0 Å². The molecule has 0 unspecified atom stereocenters. The van der Waals surface area contributed by atoms with Gasteiger partial charge in [0.15, 0.2) is 17.2 Å². The molecule has 0 amide bonds. The normalized spacial score (nSPS) is 11.3. The topological polar surface area (TPSA) is 77.9 Å². The van der Waals surface area contributed by atoms with Crippen molar-refractivity contribution in [1.29, 1.82) is 0 Å². The lowest BCUT2D eigenvalue weighted by Crippen LogP contribution is -2.01. The van der Waals surface area contributed by atoms with E-state index in [4.69, 9.17) is 25.8 Å². The summed E-state index contributed by atoms with van der Waals surface area (Å²) in [5.74, 6) is 1.03. The van der Waals surface area contributed by atoms with Gasteiger partial charge in [-0.3, -0.25) is 4.98 Å². The number of aliphatic carboxylic acids is 1. The van der Waals surface area contributed by atoms with E-state index in [-0.39, 0.29) is 12.2 Å². The SMILES string of the molecule is O=C(O)/C(=C/c1sc2cc(OCc3ccc(-c4ccccc4)cc3)c(OCc3ccc(-c4ccccc4)cc3)cc2c1Oc1ccc(Cl)cc1)c1ccncc1. The van der Waals surface area contributed by atoms with E-state index in [9.17, 15) is 9.90 Å². The van der Waals surface area contributed by atoms with Gasteiger partial charge in [-0.05, 0) is 87.5 Å². The van der Waals surface area contributed by atoms with E-state index in [1.54, 1.807) is 54.9 Å². The molecular weight excluding hydrogens is 738 g/mol. The summed E-state index contributed by atoms with van der Waals surface area (Å²) in [7, 11) is 0. The summed E-state index contributed by atoms with van der Waals surface area (Å²) >= 11 is 7.60. The Bertz CT molecular complexity index is 2610. The zero-order chi connectivity index (χ0) is 38.3. The molecule has 0 atom stereocenters. The number of carboxylic acid groups (broad SMARTS) is 1. The third-order valence-electron chi connectivity index (χ3n) is 9.18. The average molecular weight is 772 g/mol. The summed E-state index contributed by atoms with van der Waals surface area (Å²) in [6.45, 7) is 0.596. The number of aromatic nitrogens is 1. The highest BCUT2D eigenvalue weighted by atomic mass is 35.5. The number of carboxylic acids is 1. The number of rotatable bonds is 13. The molecule has 8 aromatic rings. The van der Waals surface area contributed by atoms with Gasteiger partial charge >= 0.3 is 5.97 Å². The van der Waals surface area contributed by atoms with Gasteiger partial charge in [-0.1, -0.05) is 121 Å². The van der Waals surface area contributed by atoms with E-state index in [0.717, 1.165) is 43.5 Å². The average Bonchev–Trinajstić information content (AvgIpc) is 3.57. The molecule has 0 aliphatic carbocycles. The molecule has 1 N–H and O–H groups in total. The number of pyridine rings is 1. The standard InChI is InChI=1S/C48H34ClNO5S/c49-39-19-21-40(22-20-39)55-47-42-27-43(53-30-32-11-15-36(16-12-32)34-7-3-1-4-8-34)44(54-31-33-13-17-37(18-14-33)35-9-5-2-6-10-35)29-45(42)56-46(47)28-41(48(51)52)38-23-25-50-26-24-38/h1-29H,30-31H2,(H,51,52)/b41-28+. The van der Waals surface area contributed by atoms with Crippen molar-refractivity contribution in [3.8, 4) is 45.3 Å². The molecule has 8 rings (SSSR count). The molecule has 274 valence electrons. The lowest BCUT2D eigenvalue weighted by atomic mass is 10.0. The van der Waals surface area contributed by atoms with Crippen LogP contribution in [0.2, 0.25) is 5.02 Å². The molecule has 2 aromatic heterocycles. The fraction of sp³-hybridized carbons (Fsp3) is 0.0417. The van der Waals surface area contributed by atoms with Crippen LogP contribution in [0.15, 0.2) is 170 Å². The lowest BCUT2D eigenvalue weighted by Gasteiger charge is -2.15. The van der Waals surface area contributed by atoms with Gasteiger partial charge in [0.2, 0.25) is 0 Å². The molecule has 8 heteroatoms. The summed E-state index contributed by atoms with van der Waals surface area (Å²) < 4.78 is 20.4. The maximum absolute atomic E-state index is 12.6. The molecule has 2 heterocycles. The fourth-order valence-electron chi connectivity index (χ4n) is 6.25. The molecular formula is C48H34ClNO5S. The van der Waals surface area contributed by atoms with Gasteiger partial charge in [0, 0.05) is 33.6 Å². The minimum absolute atomic E-state index is 0.103. The summed E-state index contributed by atoms with van der Waals surface area (Å²) in [4.78, 5) is 17.3. The van der Waals surface area contributed by atoms with Crippen molar-refractivity contribution >= 4 is 50.6 Å². The highest BCUT2D eigenvalue weighted by molar-refractivity contribution is 7.20. The van der Waals surface area contributed by atoms with E-state index < -0.39 is 5.97 Å². The Kier molecular flexibility index (Phi) is 10.9. The minimum atomic E-state index is -1.07. The molecule has 0 fully saturated rings. The van der Waals surface area contributed by atoms with E-state index in [1.165, 1.54) is 11.3 Å². The Balaban J connectivity index is 1.17. The van der Waals surface area contributed by atoms with Gasteiger partial charge in [0.05, 0.1) is 10.5 Å². The Morgan fingerprint density at radius 3 is 1.70 bits per heavy atom. The van der Waals surface area contributed by atoms with Crippen LogP contribution >= 0.6 is 22.9 Å². The van der Waals surface area contributed by atoms with Crippen molar-refractivity contribution in [2.75, 3.05) is 0 Å². The summed E-state index contributed by atoms with van der Waals surface area (Å²) in [5.41, 5.74) is 7.14. The maximum atomic E-state index is 12.6. The molecule has 0 bridgehead atoms. The second-order valence-corrected chi connectivity index (χ2v) is 14.5. The van der Waals surface area contributed by atoms with Crippen LogP contribution in [-0.2, 0) is 18.0 Å². The molecule has 0 radical (unpaired) electrons. The number of ether oxygens (including phenoxy) is 3. The monoisotopic (exact) mass is 771 g/mol. The van der Waals surface area contributed by atoms with E-state index in [2.05, 4.69) is 77.8 Å². The second-order valence-electron chi connectivity index (χ2n) is 12.9. The third kappa shape index (κ3) is 8.50. The number of halogens is 1. The molecule has 56 heavy (non-hydrogen) atoms. The highest BCUT2D eigenvalue weighted by Crippen LogP contribution is 2.47. The van der Waals surface area contributed by atoms with Crippen molar-refractivity contribution in [2.24, 2.45) is 0 Å². The van der Waals surface area contributed by atoms with Crippen LogP contribution in [0, 0.1) is 0 Å². The third-order valence-corrected chi connectivity index (χ3v) is 10.5. The lowest BCUT2D eigenvalue weighted by molar-refractivity contribution is -0.130. The van der Waals surface area contributed by atoms with Crippen LogP contribution in [-0.4, -0.2) is 16.1 Å². The number of nitrogens with zero attached hydrogens (tertiary/aromatic N) is 1. The minimum Gasteiger partial charge on any atom is -0.485 e. The van der Waals surface area contributed by atoms with Gasteiger partial charge in [-0.15, -0.1) is 11.3 Å². The molecule has 6 nitrogen and oxygen atoms in total. The summed E-state index contributed by atoms with van der Waals surface area (Å²) in [6.07, 6.45) is 4.77. The number of fused-ring (bicyclic) bond motifs is 1. The predicted molar refractivity (Wildman–Crippen MR) is 226 cm³/mol. The highest BCUT2D eigenvalue weighted by Gasteiger charge is 2.21. The molecule has 0 saturated heterocycles. The van der Waals surface area contributed by atoms with E-state index in [0.29, 0.717) is 45.1 Å². The number of carbonyl (C=O) groups is 1. The predicted octanol–water partition coefficient (Wildman–Crippen LogP) is 12.9. The largest absolute Gasteiger partial charge is 0.485 e. The zero-order valence-corrected chi connectivity index (χ0v) is 31.5. The number of hydrogen-bond acceptors (Lipinski definition) is 6. The van der Waals surface area contributed by atoms with Crippen LogP contribution in [0.4, 0.5) is 0 Å². The Morgan fingerprint density at radius 1 is 0.643 bits per heavy atom. The number of thiophene rings is 1. The van der Waals surface area contributed by atoms with Crippen molar-refractivity contribution in [1.82, 2.24) is 4.98 Å². The van der Waals surface area contributed by atoms with Gasteiger partial charge in [-0.25, -0.2) is 4.79 Å². The van der Waals surface area contributed by atoms with Gasteiger partial charge in [0.1, 0.15) is 19.0 Å². The Hall–Kier alpha value is -6.67. The quantitative estimate of drug-likeness (QED) is 0.118. The van der Waals surface area contributed by atoms with Gasteiger partial charge in [0.25, 0.3) is 0 Å². The number of hydrogen-bond donors (Lipinski definition) is 1. The fourth-order valence-corrected chi connectivity index (χ4v) is 7.46. The van der Waals surface area contributed by atoms with Crippen LogP contribution < -0.4 is 14.2 Å². The van der Waals surface area contributed by atoms with E-state index in [1.807, 2.05) is 48.5 Å². The zero-order valence-electron chi connectivity index (χ0n) is 30.0. The van der Waals surface area contributed by atoms with Crippen molar-refractivity contribution < 1.29 is 24.1 Å². The molecule has 0 aliphatic rings. The van der Waals surface area contributed by atoms with Crippen LogP contribution in [0.5, 0.6) is 23.0 Å².